The molecule has 2 fully saturated rings. The maximum absolute atomic E-state index is 12.7. The van der Waals surface area contributed by atoms with Crippen LogP contribution < -0.4 is 10.2 Å². The lowest BCUT2D eigenvalue weighted by Gasteiger charge is -2.35. The second-order valence-electron chi connectivity index (χ2n) is 8.26. The van der Waals surface area contributed by atoms with Crippen molar-refractivity contribution in [1.29, 1.82) is 0 Å². The molecule has 144 valence electrons. The average Bonchev–Trinajstić information content (AvgIpc) is 2.89. The molecule has 2 aliphatic rings. The van der Waals surface area contributed by atoms with Gasteiger partial charge in [-0.15, -0.1) is 0 Å². The number of nitrogens with one attached hydrogen (secondary N) is 1. The van der Waals surface area contributed by atoms with E-state index in [1.165, 1.54) is 0 Å². The Hall–Kier alpha value is -1.89. The van der Waals surface area contributed by atoms with E-state index in [0.29, 0.717) is 0 Å². The van der Waals surface area contributed by atoms with E-state index in [1.807, 2.05) is 11.0 Å². The number of piperidine rings is 1. The third-order valence-electron chi connectivity index (χ3n) is 5.39. The molecule has 7 heteroatoms. The fourth-order valence-corrected chi connectivity index (χ4v) is 3.74. The van der Waals surface area contributed by atoms with Gasteiger partial charge in [0.2, 0.25) is 5.95 Å². The van der Waals surface area contributed by atoms with Crippen molar-refractivity contribution in [2.24, 2.45) is 0 Å². The number of aromatic nitrogens is 2. The number of anilines is 1. The highest BCUT2D eigenvalue weighted by Crippen LogP contribution is 2.18. The minimum absolute atomic E-state index is 0.0928. The van der Waals surface area contributed by atoms with Crippen LogP contribution in [0.15, 0.2) is 18.5 Å². The number of hydrogen-bond donors (Lipinski definition) is 1. The monoisotopic (exact) mass is 360 g/mol. The van der Waals surface area contributed by atoms with E-state index in [2.05, 4.69) is 45.9 Å². The van der Waals surface area contributed by atoms with Crippen LogP contribution in [0.2, 0.25) is 0 Å². The summed E-state index contributed by atoms with van der Waals surface area (Å²) < 4.78 is 0. The fourth-order valence-electron chi connectivity index (χ4n) is 3.74. The summed E-state index contributed by atoms with van der Waals surface area (Å²) in [5.74, 6) is 0.784. The highest BCUT2D eigenvalue weighted by molar-refractivity contribution is 5.74. The zero-order chi connectivity index (χ0) is 18.6. The third kappa shape index (κ3) is 4.84. The van der Waals surface area contributed by atoms with Crippen LogP contribution in [0.25, 0.3) is 0 Å². The number of amides is 2. The third-order valence-corrected chi connectivity index (χ3v) is 5.39. The summed E-state index contributed by atoms with van der Waals surface area (Å²) in [6.45, 7) is 12.1. The molecule has 0 aliphatic carbocycles. The molecular weight excluding hydrogens is 328 g/mol. The molecule has 1 aromatic heterocycles. The number of carbonyl (C=O) groups excluding carboxylic acids is 1. The molecule has 1 aromatic rings. The van der Waals surface area contributed by atoms with Crippen molar-refractivity contribution in [2.45, 2.75) is 51.6 Å². The van der Waals surface area contributed by atoms with Gasteiger partial charge in [0.25, 0.3) is 0 Å². The highest BCUT2D eigenvalue weighted by Gasteiger charge is 2.28. The molecule has 2 saturated heterocycles. The molecular formula is C19H32N6O. The molecule has 7 nitrogen and oxygen atoms in total. The molecule has 26 heavy (non-hydrogen) atoms. The summed E-state index contributed by atoms with van der Waals surface area (Å²) in [5.41, 5.74) is 0.165. The van der Waals surface area contributed by atoms with Gasteiger partial charge in [0.15, 0.2) is 0 Å². The quantitative estimate of drug-likeness (QED) is 0.873. The summed E-state index contributed by atoms with van der Waals surface area (Å²) in [6, 6.07) is 2.16. The van der Waals surface area contributed by atoms with Crippen LogP contribution in [0.1, 0.15) is 40.0 Å². The predicted molar refractivity (Wildman–Crippen MR) is 103 cm³/mol. The molecule has 0 spiro atoms. The van der Waals surface area contributed by atoms with Crippen molar-refractivity contribution in [3.63, 3.8) is 0 Å². The van der Waals surface area contributed by atoms with Crippen LogP contribution in [0.3, 0.4) is 0 Å². The van der Waals surface area contributed by atoms with Gasteiger partial charge in [-0.25, -0.2) is 14.8 Å². The minimum atomic E-state index is 0.0928. The summed E-state index contributed by atoms with van der Waals surface area (Å²) in [7, 11) is 0. The van der Waals surface area contributed by atoms with Gasteiger partial charge in [-0.1, -0.05) is 0 Å². The van der Waals surface area contributed by atoms with Gasteiger partial charge in [-0.3, -0.25) is 4.90 Å². The first kappa shape index (κ1) is 18.9. The predicted octanol–water partition coefficient (Wildman–Crippen LogP) is 1.96. The molecule has 3 heterocycles. The first-order valence-corrected chi connectivity index (χ1v) is 9.76. The average molecular weight is 361 g/mol. The lowest BCUT2D eigenvalue weighted by molar-refractivity contribution is 0.141. The van der Waals surface area contributed by atoms with Crippen molar-refractivity contribution in [1.82, 2.24) is 25.1 Å². The van der Waals surface area contributed by atoms with Gasteiger partial charge >= 0.3 is 6.03 Å². The smallest absolute Gasteiger partial charge is 0.317 e. The summed E-state index contributed by atoms with van der Waals surface area (Å²) in [4.78, 5) is 28.0. The van der Waals surface area contributed by atoms with Gasteiger partial charge in [-0.2, -0.15) is 0 Å². The maximum Gasteiger partial charge on any atom is 0.317 e. The Labute approximate surface area is 156 Å². The maximum atomic E-state index is 12.7. The molecule has 3 rings (SSSR count). The zero-order valence-electron chi connectivity index (χ0n) is 16.3. The van der Waals surface area contributed by atoms with E-state index in [0.717, 1.165) is 64.5 Å². The van der Waals surface area contributed by atoms with Gasteiger partial charge in [-0.05, 0) is 46.1 Å². The van der Waals surface area contributed by atoms with Crippen LogP contribution >= 0.6 is 0 Å². The molecule has 0 radical (unpaired) electrons. The summed E-state index contributed by atoms with van der Waals surface area (Å²) in [6.07, 6.45) is 6.46. The van der Waals surface area contributed by atoms with E-state index in [-0.39, 0.29) is 17.6 Å². The summed E-state index contributed by atoms with van der Waals surface area (Å²) >= 11 is 0. The molecule has 0 atom stereocenters. The Bertz CT molecular complexity index is 579. The molecule has 0 bridgehead atoms. The molecule has 0 unspecified atom stereocenters. The Morgan fingerprint density at radius 2 is 1.73 bits per heavy atom. The number of urea groups is 1. The molecule has 2 amide bonds. The van der Waals surface area contributed by atoms with Crippen LogP contribution in [0.5, 0.6) is 0 Å². The van der Waals surface area contributed by atoms with Gasteiger partial charge < -0.3 is 15.1 Å². The second-order valence-corrected chi connectivity index (χ2v) is 8.26. The SMILES string of the molecule is CC(C)(C)N1CCCN(C(=O)NC2CCN(c3ncccn3)CC2)CC1. The Morgan fingerprint density at radius 1 is 1.04 bits per heavy atom. The molecule has 1 N–H and O–H groups in total. The summed E-state index contributed by atoms with van der Waals surface area (Å²) in [5, 5.41) is 3.24. The van der Waals surface area contributed by atoms with Crippen molar-refractivity contribution in [3.05, 3.63) is 18.5 Å². The topological polar surface area (TPSA) is 64.6 Å². The Morgan fingerprint density at radius 3 is 2.38 bits per heavy atom. The molecule has 0 saturated carbocycles. The first-order chi connectivity index (χ1) is 12.4. The fraction of sp³-hybridized carbons (Fsp3) is 0.737. The largest absolute Gasteiger partial charge is 0.341 e. The second kappa shape index (κ2) is 8.20. The van der Waals surface area contributed by atoms with Crippen molar-refractivity contribution >= 4 is 12.0 Å². The van der Waals surface area contributed by atoms with E-state index in [1.54, 1.807) is 12.4 Å². The van der Waals surface area contributed by atoms with Crippen LogP contribution in [0.4, 0.5) is 10.7 Å². The standard InChI is InChI=1S/C19H32N6O/c1-19(2,3)25-11-5-10-24(14-15-25)18(26)22-16-6-12-23(13-7-16)17-20-8-4-9-21-17/h4,8-9,16H,5-7,10-15H2,1-3H3,(H,22,26). The van der Waals surface area contributed by atoms with Gasteiger partial charge in [0, 0.05) is 63.2 Å². The van der Waals surface area contributed by atoms with Crippen molar-refractivity contribution < 1.29 is 4.79 Å². The van der Waals surface area contributed by atoms with Crippen LogP contribution in [-0.2, 0) is 0 Å². The van der Waals surface area contributed by atoms with E-state index < -0.39 is 0 Å². The number of rotatable bonds is 2. The van der Waals surface area contributed by atoms with Gasteiger partial charge in [0.05, 0.1) is 0 Å². The number of hydrogen-bond acceptors (Lipinski definition) is 5. The lowest BCUT2D eigenvalue weighted by Crippen LogP contribution is -2.50. The van der Waals surface area contributed by atoms with Crippen molar-refractivity contribution in [2.75, 3.05) is 44.2 Å². The van der Waals surface area contributed by atoms with E-state index in [4.69, 9.17) is 0 Å². The van der Waals surface area contributed by atoms with Gasteiger partial charge in [0.1, 0.15) is 0 Å². The minimum Gasteiger partial charge on any atom is -0.341 e. The number of carbonyl (C=O) groups is 1. The first-order valence-electron chi connectivity index (χ1n) is 9.76. The normalized spacial score (nSPS) is 20.7. The van der Waals surface area contributed by atoms with Crippen LogP contribution in [-0.4, -0.2) is 76.6 Å². The zero-order valence-corrected chi connectivity index (χ0v) is 16.3. The highest BCUT2D eigenvalue weighted by atomic mass is 16.2. The Balaban J connectivity index is 1.46. The molecule has 2 aliphatic heterocycles. The van der Waals surface area contributed by atoms with E-state index in [9.17, 15) is 4.79 Å². The molecule has 0 aromatic carbocycles. The Kier molecular flexibility index (Phi) is 5.96. The van der Waals surface area contributed by atoms with E-state index >= 15 is 0 Å². The lowest BCUT2D eigenvalue weighted by atomic mass is 10.1. The van der Waals surface area contributed by atoms with Crippen molar-refractivity contribution in [3.8, 4) is 0 Å². The van der Waals surface area contributed by atoms with Crippen LogP contribution in [0, 0.1) is 0 Å². The number of nitrogens with zero attached hydrogens (tertiary/aromatic N) is 5.